The minimum atomic E-state index is -2.74. The van der Waals surface area contributed by atoms with Gasteiger partial charge in [0.25, 0.3) is 0 Å². The summed E-state index contributed by atoms with van der Waals surface area (Å²) in [5.41, 5.74) is 0.865. The fraction of sp³-hybridized carbons (Fsp3) is 0.750. The molecule has 5 nitrogen and oxygen atoms in total. The molecule has 0 N–H and O–H groups in total. The Bertz CT molecular complexity index is 582. The highest BCUT2D eigenvalue weighted by molar-refractivity contribution is 8.89. The van der Waals surface area contributed by atoms with E-state index in [2.05, 4.69) is 16.9 Å². The molecule has 1 unspecified atom stereocenters. The minimum absolute atomic E-state index is 0.0714. The summed E-state index contributed by atoms with van der Waals surface area (Å²) in [6, 6.07) is 1.86. The number of nitrogens with zero attached hydrogens (tertiary/aromatic N) is 2. The molecule has 2 rings (SSSR count). The highest BCUT2D eigenvalue weighted by atomic mass is 33.1. The third-order valence-electron chi connectivity index (χ3n) is 3.18. The third-order valence-corrected chi connectivity index (χ3v) is 10.8. The van der Waals surface area contributed by atoms with Gasteiger partial charge in [-0.15, -0.1) is 0 Å². The molecule has 24 heavy (non-hydrogen) atoms. The Balaban J connectivity index is 2.09. The van der Waals surface area contributed by atoms with Gasteiger partial charge in [0.1, 0.15) is 5.82 Å². The number of hydrogen-bond donors (Lipinski definition) is 0. The van der Waals surface area contributed by atoms with Gasteiger partial charge >= 0.3 is 5.77 Å². The fourth-order valence-electron chi connectivity index (χ4n) is 2.01. The van der Waals surface area contributed by atoms with Crippen LogP contribution in [0.4, 0.5) is 0 Å². The predicted molar refractivity (Wildman–Crippen MR) is 103 cm³/mol. The zero-order valence-electron chi connectivity index (χ0n) is 14.9. The Morgan fingerprint density at radius 2 is 2.04 bits per heavy atom. The van der Waals surface area contributed by atoms with E-state index >= 15 is 0 Å². The fourth-order valence-corrected chi connectivity index (χ4v) is 8.60. The van der Waals surface area contributed by atoms with Crippen LogP contribution in [0.3, 0.4) is 0 Å². The molecule has 0 amide bonds. The number of hydrogen-bond acceptors (Lipinski definition) is 7. The van der Waals surface area contributed by atoms with E-state index < -0.39 is 5.77 Å². The van der Waals surface area contributed by atoms with Crippen molar-refractivity contribution in [3.05, 3.63) is 17.6 Å². The molecular formula is C16H27N2O3PS2. The minimum Gasteiger partial charge on any atom is -0.475 e. The van der Waals surface area contributed by atoms with Crippen molar-refractivity contribution in [2.45, 2.75) is 64.7 Å². The van der Waals surface area contributed by atoms with Crippen LogP contribution in [-0.2, 0) is 14.8 Å². The van der Waals surface area contributed by atoms with Crippen LogP contribution in [0.25, 0.3) is 0 Å². The van der Waals surface area contributed by atoms with Crippen LogP contribution >= 0.6 is 28.5 Å². The number of aromatic nitrogens is 2. The van der Waals surface area contributed by atoms with E-state index in [9.17, 15) is 4.57 Å². The van der Waals surface area contributed by atoms with Gasteiger partial charge in [-0.25, -0.2) is 4.98 Å². The number of ether oxygens (including phenoxy) is 1. The summed E-state index contributed by atoms with van der Waals surface area (Å²) in [4.78, 5) is 9.17. The highest BCUT2D eigenvalue weighted by Crippen LogP contribution is 2.70. The summed E-state index contributed by atoms with van der Waals surface area (Å²) in [5.74, 6) is 0.577. The van der Waals surface area contributed by atoms with E-state index in [-0.39, 0.29) is 6.10 Å². The van der Waals surface area contributed by atoms with Crippen LogP contribution in [0.15, 0.2) is 6.07 Å². The summed E-state index contributed by atoms with van der Waals surface area (Å²) in [6.07, 6.45) is 3.33. The molecule has 0 aromatic carbocycles. The molecule has 0 spiro atoms. The summed E-state index contributed by atoms with van der Waals surface area (Å²) in [5, 5.41) is 0. The first-order chi connectivity index (χ1) is 11.5. The van der Waals surface area contributed by atoms with Crippen LogP contribution < -0.4 is 4.74 Å². The Labute approximate surface area is 153 Å². The van der Waals surface area contributed by atoms with Crippen molar-refractivity contribution >= 4 is 28.5 Å². The maximum Gasteiger partial charge on any atom is 0.313 e. The second-order valence-corrected chi connectivity index (χ2v) is 13.5. The van der Waals surface area contributed by atoms with E-state index in [1.165, 1.54) is 22.8 Å². The van der Waals surface area contributed by atoms with Gasteiger partial charge in [0.15, 0.2) is 0 Å². The zero-order chi connectivity index (χ0) is 17.6. The Morgan fingerprint density at radius 1 is 1.29 bits per heavy atom. The monoisotopic (exact) mass is 390 g/mol. The van der Waals surface area contributed by atoms with Gasteiger partial charge in [-0.05, 0) is 40.0 Å². The molecule has 1 atom stereocenters. The van der Waals surface area contributed by atoms with Crippen molar-refractivity contribution in [1.29, 1.82) is 0 Å². The van der Waals surface area contributed by atoms with E-state index in [1.54, 1.807) is 0 Å². The first kappa shape index (κ1) is 20.1. The van der Waals surface area contributed by atoms with Crippen molar-refractivity contribution < 1.29 is 13.8 Å². The lowest BCUT2D eigenvalue weighted by atomic mass is 10.3. The van der Waals surface area contributed by atoms with E-state index in [0.717, 1.165) is 36.5 Å². The number of rotatable bonds is 11. The van der Waals surface area contributed by atoms with Crippen molar-refractivity contribution in [3.63, 3.8) is 0 Å². The molecule has 1 aliphatic rings. The smallest absolute Gasteiger partial charge is 0.313 e. The molecule has 0 aliphatic heterocycles. The maximum absolute atomic E-state index is 12.9. The van der Waals surface area contributed by atoms with E-state index in [0.29, 0.717) is 24.2 Å². The van der Waals surface area contributed by atoms with Crippen molar-refractivity contribution in [3.8, 4) is 5.88 Å². The zero-order valence-corrected chi connectivity index (χ0v) is 17.4. The predicted octanol–water partition coefficient (Wildman–Crippen LogP) is 5.66. The van der Waals surface area contributed by atoms with Gasteiger partial charge in [0.05, 0.1) is 18.4 Å². The van der Waals surface area contributed by atoms with Gasteiger partial charge < -0.3 is 9.26 Å². The molecule has 8 heteroatoms. The van der Waals surface area contributed by atoms with Crippen LogP contribution in [0, 0.1) is 0 Å². The normalized spacial score (nSPS) is 17.0. The maximum atomic E-state index is 12.9. The Hall–Kier alpha value is -0.230. The molecule has 1 aliphatic carbocycles. The highest BCUT2D eigenvalue weighted by Gasteiger charge is 2.29. The third kappa shape index (κ3) is 6.58. The molecule has 1 saturated carbocycles. The molecule has 1 heterocycles. The van der Waals surface area contributed by atoms with Gasteiger partial charge in [0.2, 0.25) is 5.88 Å². The second kappa shape index (κ2) is 9.46. The molecule has 136 valence electrons. The molecule has 0 saturated heterocycles. The van der Waals surface area contributed by atoms with Crippen LogP contribution in [0.2, 0.25) is 0 Å². The van der Waals surface area contributed by atoms with Crippen molar-refractivity contribution in [1.82, 2.24) is 9.97 Å². The summed E-state index contributed by atoms with van der Waals surface area (Å²) in [7, 11) is 0. The van der Waals surface area contributed by atoms with Crippen molar-refractivity contribution in [2.75, 3.05) is 12.4 Å². The average Bonchev–Trinajstić information content (AvgIpc) is 3.35. The second-order valence-electron chi connectivity index (χ2n) is 5.97. The Kier molecular flexibility index (Phi) is 7.92. The molecule has 1 aromatic heterocycles. The van der Waals surface area contributed by atoms with Gasteiger partial charge in [0, 0.05) is 23.5 Å². The molecule has 1 fully saturated rings. The van der Waals surface area contributed by atoms with Crippen LogP contribution in [0.5, 0.6) is 5.88 Å². The SMILES string of the molecule is CCCSP(=O)(OCC)SCc1cc(OC(C)C)nc(C2CC2)n1. The molecule has 0 bridgehead atoms. The molecule has 0 radical (unpaired) electrons. The first-order valence-corrected chi connectivity index (χ1v) is 13.3. The quantitative estimate of drug-likeness (QED) is 0.452. The van der Waals surface area contributed by atoms with Gasteiger partial charge in [-0.2, -0.15) is 4.98 Å². The largest absolute Gasteiger partial charge is 0.475 e. The standard InChI is InChI=1S/C16H27N2O3PS2/c1-5-9-23-22(19,20-6-2)24-11-14-10-15(21-12(3)4)18-16(17-14)13-7-8-13/h10,12-13H,5-9,11H2,1-4H3. The summed E-state index contributed by atoms with van der Waals surface area (Å²) < 4.78 is 24.2. The topological polar surface area (TPSA) is 61.3 Å². The lowest BCUT2D eigenvalue weighted by Crippen LogP contribution is -2.09. The lowest BCUT2D eigenvalue weighted by molar-refractivity contribution is 0.231. The van der Waals surface area contributed by atoms with Gasteiger partial charge in [-0.1, -0.05) is 29.7 Å². The van der Waals surface area contributed by atoms with E-state index in [4.69, 9.17) is 9.26 Å². The average molecular weight is 391 g/mol. The molecular weight excluding hydrogens is 363 g/mol. The lowest BCUT2D eigenvalue weighted by Gasteiger charge is -2.16. The van der Waals surface area contributed by atoms with Crippen LogP contribution in [0.1, 0.15) is 64.4 Å². The van der Waals surface area contributed by atoms with Gasteiger partial charge in [-0.3, -0.25) is 4.57 Å². The Morgan fingerprint density at radius 3 is 2.62 bits per heavy atom. The van der Waals surface area contributed by atoms with E-state index in [1.807, 2.05) is 26.8 Å². The van der Waals surface area contributed by atoms with Crippen LogP contribution in [-0.4, -0.2) is 28.4 Å². The summed E-state index contributed by atoms with van der Waals surface area (Å²) in [6.45, 7) is 8.38. The summed E-state index contributed by atoms with van der Waals surface area (Å²) >= 11 is 2.79. The first-order valence-electron chi connectivity index (χ1n) is 8.54. The molecule has 1 aromatic rings. The van der Waals surface area contributed by atoms with Crippen molar-refractivity contribution in [2.24, 2.45) is 0 Å².